The molecular formula is C15H20O3. The molecular weight excluding hydrogens is 228 g/mol. The van der Waals surface area contributed by atoms with Crippen LogP contribution in [0, 0.1) is 0 Å². The molecule has 1 aromatic carbocycles. The van der Waals surface area contributed by atoms with Gasteiger partial charge in [-0.1, -0.05) is 26.8 Å². The maximum Gasteiger partial charge on any atom is 0.173 e. The van der Waals surface area contributed by atoms with E-state index < -0.39 is 0 Å². The summed E-state index contributed by atoms with van der Waals surface area (Å²) in [5.41, 5.74) is 1.58. The van der Waals surface area contributed by atoms with Crippen LogP contribution in [0.3, 0.4) is 0 Å². The minimum absolute atomic E-state index is 0.0444. The minimum Gasteiger partial charge on any atom is -0.496 e. The van der Waals surface area contributed by atoms with Gasteiger partial charge in [0.05, 0.1) is 19.1 Å². The first kappa shape index (κ1) is 14.4. The van der Waals surface area contributed by atoms with E-state index in [1.807, 2.05) is 12.1 Å². The number of carbonyl (C=O) groups excluding carboxylic acids is 2. The van der Waals surface area contributed by atoms with E-state index in [9.17, 15) is 9.59 Å². The Kier molecular flexibility index (Phi) is 5.08. The Morgan fingerprint density at radius 3 is 2.44 bits per heavy atom. The molecule has 0 bridgehead atoms. The van der Waals surface area contributed by atoms with Gasteiger partial charge in [0.15, 0.2) is 5.78 Å². The molecule has 18 heavy (non-hydrogen) atoms. The quantitative estimate of drug-likeness (QED) is 0.572. The van der Waals surface area contributed by atoms with Crippen LogP contribution in [-0.4, -0.2) is 18.7 Å². The van der Waals surface area contributed by atoms with E-state index in [1.165, 1.54) is 7.11 Å². The number of carbonyl (C=O) groups is 2. The van der Waals surface area contributed by atoms with E-state index in [-0.39, 0.29) is 18.0 Å². The van der Waals surface area contributed by atoms with E-state index in [2.05, 4.69) is 13.8 Å². The standard InChI is InChI=1S/C15H20O3/c1-5-12(16)9-14(17)13-8-11(10(2)3)6-7-15(13)18-4/h6-8,10H,5,9H2,1-4H3. The predicted octanol–water partition coefficient (Wildman–Crippen LogP) is 3.37. The molecule has 0 unspecified atom stereocenters. The topological polar surface area (TPSA) is 43.4 Å². The van der Waals surface area contributed by atoms with Gasteiger partial charge in [0.25, 0.3) is 0 Å². The predicted molar refractivity (Wildman–Crippen MR) is 71.3 cm³/mol. The molecule has 0 amide bonds. The van der Waals surface area contributed by atoms with Crippen LogP contribution in [0.2, 0.25) is 0 Å². The Labute approximate surface area is 108 Å². The summed E-state index contributed by atoms with van der Waals surface area (Å²) in [6.45, 7) is 5.89. The fourth-order valence-corrected chi connectivity index (χ4v) is 1.70. The number of hydrogen-bond donors (Lipinski definition) is 0. The van der Waals surface area contributed by atoms with Crippen LogP contribution < -0.4 is 4.74 Å². The zero-order chi connectivity index (χ0) is 13.7. The Balaban J connectivity index is 3.07. The minimum atomic E-state index is -0.166. The van der Waals surface area contributed by atoms with Gasteiger partial charge >= 0.3 is 0 Å². The highest BCUT2D eigenvalue weighted by Crippen LogP contribution is 2.25. The molecule has 0 radical (unpaired) electrons. The van der Waals surface area contributed by atoms with Gasteiger partial charge < -0.3 is 4.74 Å². The molecule has 0 aliphatic rings. The number of methoxy groups -OCH3 is 1. The van der Waals surface area contributed by atoms with Crippen molar-refractivity contribution in [1.29, 1.82) is 0 Å². The van der Waals surface area contributed by atoms with E-state index >= 15 is 0 Å². The van der Waals surface area contributed by atoms with E-state index in [4.69, 9.17) is 4.74 Å². The third kappa shape index (κ3) is 3.42. The second-order valence-corrected chi connectivity index (χ2v) is 4.61. The Bertz CT molecular complexity index is 447. The van der Waals surface area contributed by atoms with Crippen LogP contribution in [0.4, 0.5) is 0 Å². The molecule has 0 fully saturated rings. The summed E-state index contributed by atoms with van der Waals surface area (Å²) in [4.78, 5) is 23.4. The monoisotopic (exact) mass is 248 g/mol. The number of ether oxygens (including phenoxy) is 1. The third-order valence-electron chi connectivity index (χ3n) is 2.94. The Hall–Kier alpha value is -1.64. The van der Waals surface area contributed by atoms with Crippen LogP contribution in [0.15, 0.2) is 18.2 Å². The average Bonchev–Trinajstić information content (AvgIpc) is 2.37. The van der Waals surface area contributed by atoms with Gasteiger partial charge in [0.1, 0.15) is 11.5 Å². The van der Waals surface area contributed by atoms with E-state index in [1.54, 1.807) is 13.0 Å². The molecule has 0 saturated carbocycles. The number of Topliss-reactive ketones (excluding diaryl/α,β-unsaturated/α-hetero) is 2. The summed E-state index contributed by atoms with van der Waals surface area (Å²) in [5, 5.41) is 0. The lowest BCUT2D eigenvalue weighted by Gasteiger charge is -2.11. The largest absolute Gasteiger partial charge is 0.496 e. The lowest BCUT2D eigenvalue weighted by Crippen LogP contribution is -2.09. The van der Waals surface area contributed by atoms with E-state index in [0.717, 1.165) is 5.56 Å². The van der Waals surface area contributed by atoms with Crippen molar-refractivity contribution in [3.63, 3.8) is 0 Å². The first-order valence-corrected chi connectivity index (χ1v) is 6.22. The summed E-state index contributed by atoms with van der Waals surface area (Å²) in [5.74, 6) is 0.663. The molecule has 3 heteroatoms. The number of ketones is 2. The van der Waals surface area contributed by atoms with Crippen LogP contribution in [0.1, 0.15) is 55.5 Å². The lowest BCUT2D eigenvalue weighted by atomic mass is 9.96. The summed E-state index contributed by atoms with van der Waals surface area (Å²) >= 11 is 0. The Morgan fingerprint density at radius 1 is 1.28 bits per heavy atom. The van der Waals surface area contributed by atoms with Gasteiger partial charge in [-0.3, -0.25) is 9.59 Å². The number of rotatable bonds is 6. The second kappa shape index (κ2) is 6.34. The summed E-state index contributed by atoms with van der Waals surface area (Å²) in [6.07, 6.45) is 0.340. The van der Waals surface area contributed by atoms with Crippen LogP contribution in [0.5, 0.6) is 5.75 Å². The third-order valence-corrected chi connectivity index (χ3v) is 2.94. The van der Waals surface area contributed by atoms with Gasteiger partial charge in [-0.2, -0.15) is 0 Å². The average molecular weight is 248 g/mol. The van der Waals surface area contributed by atoms with Gasteiger partial charge in [-0.05, 0) is 23.6 Å². The van der Waals surface area contributed by atoms with Gasteiger partial charge in [-0.15, -0.1) is 0 Å². The molecule has 1 aromatic rings. The molecule has 0 aromatic heterocycles. The van der Waals surface area contributed by atoms with Gasteiger partial charge in [-0.25, -0.2) is 0 Å². The maximum atomic E-state index is 12.1. The van der Waals surface area contributed by atoms with Crippen molar-refractivity contribution < 1.29 is 14.3 Å². The van der Waals surface area contributed by atoms with Crippen LogP contribution >= 0.6 is 0 Å². The summed E-state index contributed by atoms with van der Waals surface area (Å²) in [6, 6.07) is 5.57. The zero-order valence-corrected chi connectivity index (χ0v) is 11.4. The van der Waals surface area contributed by atoms with E-state index in [0.29, 0.717) is 23.7 Å². The summed E-state index contributed by atoms with van der Waals surface area (Å²) < 4.78 is 5.18. The normalized spacial score (nSPS) is 10.5. The lowest BCUT2D eigenvalue weighted by molar-refractivity contribution is -0.117. The summed E-state index contributed by atoms with van der Waals surface area (Å²) in [7, 11) is 1.53. The number of hydrogen-bond acceptors (Lipinski definition) is 3. The van der Waals surface area contributed by atoms with Crippen LogP contribution in [0.25, 0.3) is 0 Å². The fraction of sp³-hybridized carbons (Fsp3) is 0.467. The first-order valence-electron chi connectivity index (χ1n) is 6.22. The molecule has 0 aliphatic carbocycles. The highest BCUT2D eigenvalue weighted by molar-refractivity contribution is 6.09. The van der Waals surface area contributed by atoms with Crippen molar-refractivity contribution in [3.8, 4) is 5.75 Å². The molecule has 3 nitrogen and oxygen atoms in total. The van der Waals surface area contributed by atoms with Crippen molar-refractivity contribution in [1.82, 2.24) is 0 Å². The second-order valence-electron chi connectivity index (χ2n) is 4.61. The highest BCUT2D eigenvalue weighted by Gasteiger charge is 2.16. The fourth-order valence-electron chi connectivity index (χ4n) is 1.70. The van der Waals surface area contributed by atoms with Crippen LogP contribution in [-0.2, 0) is 4.79 Å². The van der Waals surface area contributed by atoms with Crippen molar-refractivity contribution in [2.75, 3.05) is 7.11 Å². The maximum absolute atomic E-state index is 12.1. The van der Waals surface area contributed by atoms with Crippen molar-refractivity contribution >= 4 is 11.6 Å². The van der Waals surface area contributed by atoms with Crippen molar-refractivity contribution in [2.45, 2.75) is 39.5 Å². The Morgan fingerprint density at radius 2 is 1.94 bits per heavy atom. The molecule has 98 valence electrons. The molecule has 0 heterocycles. The van der Waals surface area contributed by atoms with Gasteiger partial charge in [0.2, 0.25) is 0 Å². The molecule has 1 rings (SSSR count). The first-order chi connectivity index (χ1) is 8.49. The molecule has 0 saturated heterocycles. The highest BCUT2D eigenvalue weighted by atomic mass is 16.5. The van der Waals surface area contributed by atoms with Gasteiger partial charge in [0, 0.05) is 6.42 Å². The SMILES string of the molecule is CCC(=O)CC(=O)c1cc(C(C)C)ccc1OC. The smallest absolute Gasteiger partial charge is 0.173 e. The molecule has 0 spiro atoms. The molecule has 0 atom stereocenters. The van der Waals surface area contributed by atoms with Crippen molar-refractivity contribution in [2.24, 2.45) is 0 Å². The zero-order valence-electron chi connectivity index (χ0n) is 11.4. The molecule has 0 aliphatic heterocycles. The number of benzene rings is 1. The van der Waals surface area contributed by atoms with Crippen molar-refractivity contribution in [3.05, 3.63) is 29.3 Å². The molecule has 0 N–H and O–H groups in total.